The first-order valence-corrected chi connectivity index (χ1v) is 14.9. The minimum Gasteiger partial charge on any atom is -0.495 e. The molecule has 3 aromatic rings. The molecule has 0 bridgehead atoms. The van der Waals surface area contributed by atoms with Gasteiger partial charge in [0.1, 0.15) is 18.3 Å². The number of methoxy groups -OCH3 is 1. The Labute approximate surface area is 238 Å². The molecule has 0 aliphatic carbocycles. The number of hydrogen-bond acceptors (Lipinski definition) is 5. The average molecular weight is 566 g/mol. The first-order valence-electron chi connectivity index (χ1n) is 13.5. The maximum atomic E-state index is 14.2. The molecule has 40 heavy (non-hydrogen) atoms. The van der Waals surface area contributed by atoms with Gasteiger partial charge in [0.15, 0.2) is 0 Å². The molecular formula is C31H39N3O5S. The van der Waals surface area contributed by atoms with E-state index in [2.05, 4.69) is 5.32 Å². The largest absolute Gasteiger partial charge is 0.495 e. The number of amides is 2. The summed E-state index contributed by atoms with van der Waals surface area (Å²) in [5, 5.41) is 2.98. The van der Waals surface area contributed by atoms with Crippen molar-refractivity contribution in [2.24, 2.45) is 0 Å². The molecule has 8 nitrogen and oxygen atoms in total. The van der Waals surface area contributed by atoms with Gasteiger partial charge in [-0.1, -0.05) is 68.4 Å². The number of rotatable bonds is 13. The van der Waals surface area contributed by atoms with Crippen LogP contribution >= 0.6 is 0 Å². The Morgan fingerprint density at radius 1 is 0.925 bits per heavy atom. The van der Waals surface area contributed by atoms with E-state index in [9.17, 15) is 18.0 Å². The van der Waals surface area contributed by atoms with E-state index >= 15 is 0 Å². The highest BCUT2D eigenvalue weighted by atomic mass is 32.2. The lowest BCUT2D eigenvalue weighted by Crippen LogP contribution is -2.53. The Balaban J connectivity index is 2.10. The number of nitrogens with zero attached hydrogens (tertiary/aromatic N) is 2. The second kappa shape index (κ2) is 14.0. The fourth-order valence-electron chi connectivity index (χ4n) is 4.37. The van der Waals surface area contributed by atoms with E-state index in [0.717, 1.165) is 21.9 Å². The molecule has 0 saturated carbocycles. The Morgan fingerprint density at radius 3 is 2.12 bits per heavy atom. The molecule has 3 aromatic carbocycles. The van der Waals surface area contributed by atoms with Crippen molar-refractivity contribution in [3.05, 3.63) is 90.0 Å². The summed E-state index contributed by atoms with van der Waals surface area (Å²) in [4.78, 5) is 29.0. The van der Waals surface area contributed by atoms with Crippen molar-refractivity contribution in [3.8, 4) is 5.75 Å². The maximum Gasteiger partial charge on any atom is 0.264 e. The number of hydrogen-bond donors (Lipinski definition) is 1. The molecule has 0 aliphatic rings. The number of nitrogens with one attached hydrogen (secondary N) is 1. The van der Waals surface area contributed by atoms with E-state index in [1.54, 1.807) is 30.3 Å². The molecule has 3 rings (SSSR count). The second-order valence-corrected chi connectivity index (χ2v) is 11.6. The van der Waals surface area contributed by atoms with Gasteiger partial charge >= 0.3 is 0 Å². The molecule has 0 heterocycles. The standard InChI is InChI=1S/C31H39N3O5S/c1-6-24(4)32-31(36)27(7-2)33(21-25-14-10-8-11-15-25)30(35)22-34(28-20-23(3)18-19-29(28)39-5)40(37,38)26-16-12-9-13-17-26/h8-20,24,27H,6-7,21-22H2,1-5H3,(H,32,36)/t24-,27+/m0/s1. The zero-order valence-electron chi connectivity index (χ0n) is 23.8. The zero-order chi connectivity index (χ0) is 29.3. The van der Waals surface area contributed by atoms with Crippen molar-refractivity contribution in [1.29, 1.82) is 0 Å². The summed E-state index contributed by atoms with van der Waals surface area (Å²) < 4.78 is 34.6. The topological polar surface area (TPSA) is 96.0 Å². The summed E-state index contributed by atoms with van der Waals surface area (Å²) in [5.41, 5.74) is 1.88. The lowest BCUT2D eigenvalue weighted by atomic mass is 10.1. The normalized spacial score (nSPS) is 12.7. The molecule has 0 aliphatic heterocycles. The smallest absolute Gasteiger partial charge is 0.264 e. The molecule has 9 heteroatoms. The van der Waals surface area contributed by atoms with Crippen molar-refractivity contribution in [1.82, 2.24) is 10.2 Å². The van der Waals surface area contributed by atoms with Gasteiger partial charge in [-0.3, -0.25) is 13.9 Å². The molecule has 0 spiro atoms. The third-order valence-electron chi connectivity index (χ3n) is 6.80. The molecule has 0 saturated heterocycles. The summed E-state index contributed by atoms with van der Waals surface area (Å²) in [6, 6.07) is 21.6. The Morgan fingerprint density at radius 2 is 1.55 bits per heavy atom. The van der Waals surface area contributed by atoms with Crippen LogP contribution in [0.3, 0.4) is 0 Å². The third-order valence-corrected chi connectivity index (χ3v) is 8.57. The summed E-state index contributed by atoms with van der Waals surface area (Å²) in [7, 11) is -2.72. The summed E-state index contributed by atoms with van der Waals surface area (Å²) in [6.45, 7) is 7.19. The van der Waals surface area contributed by atoms with Crippen LogP contribution in [-0.2, 0) is 26.2 Å². The fraction of sp³-hybridized carbons (Fsp3) is 0.355. The number of ether oxygens (including phenoxy) is 1. The first-order chi connectivity index (χ1) is 19.1. The fourth-order valence-corrected chi connectivity index (χ4v) is 5.81. The quantitative estimate of drug-likeness (QED) is 0.317. The molecule has 2 amide bonds. The monoisotopic (exact) mass is 565 g/mol. The van der Waals surface area contributed by atoms with E-state index in [1.165, 1.54) is 24.1 Å². The zero-order valence-corrected chi connectivity index (χ0v) is 24.6. The van der Waals surface area contributed by atoms with Gasteiger partial charge in [-0.05, 0) is 62.1 Å². The van der Waals surface area contributed by atoms with Crippen molar-refractivity contribution in [2.45, 2.75) is 64.1 Å². The van der Waals surface area contributed by atoms with Crippen molar-refractivity contribution in [2.75, 3.05) is 18.0 Å². The molecule has 0 unspecified atom stereocenters. The molecule has 0 aromatic heterocycles. The van der Waals surface area contributed by atoms with Crippen LogP contribution in [0.2, 0.25) is 0 Å². The van der Waals surface area contributed by atoms with Gasteiger partial charge in [-0.2, -0.15) is 0 Å². The Bertz CT molecular complexity index is 1380. The summed E-state index contributed by atoms with van der Waals surface area (Å²) >= 11 is 0. The van der Waals surface area contributed by atoms with Gasteiger partial charge < -0.3 is 15.0 Å². The van der Waals surface area contributed by atoms with Gasteiger partial charge in [0.25, 0.3) is 10.0 Å². The number of anilines is 1. The van der Waals surface area contributed by atoms with Gasteiger partial charge in [0.2, 0.25) is 11.8 Å². The second-order valence-electron chi connectivity index (χ2n) is 9.75. The van der Waals surface area contributed by atoms with Gasteiger partial charge in [-0.25, -0.2) is 8.42 Å². The minimum absolute atomic E-state index is 0.0440. The molecule has 214 valence electrons. The predicted molar refractivity (Wildman–Crippen MR) is 158 cm³/mol. The van der Waals surface area contributed by atoms with Crippen LogP contribution in [0.15, 0.2) is 83.8 Å². The van der Waals surface area contributed by atoms with E-state index in [0.29, 0.717) is 12.2 Å². The number of sulfonamides is 1. The molecule has 0 fully saturated rings. The van der Waals surface area contributed by atoms with Crippen molar-refractivity contribution < 1.29 is 22.7 Å². The summed E-state index contributed by atoms with van der Waals surface area (Å²) in [5.74, 6) is -0.459. The number of aryl methyl sites for hydroxylation is 1. The van der Waals surface area contributed by atoms with Crippen LogP contribution in [0.4, 0.5) is 5.69 Å². The maximum absolute atomic E-state index is 14.2. The lowest BCUT2D eigenvalue weighted by molar-refractivity contribution is -0.140. The SMILES string of the molecule is CC[C@H](C(=O)N[C@@H](C)CC)N(Cc1ccccc1)C(=O)CN(c1cc(C)ccc1OC)S(=O)(=O)c1ccccc1. The third kappa shape index (κ3) is 7.41. The predicted octanol–water partition coefficient (Wildman–Crippen LogP) is 4.92. The lowest BCUT2D eigenvalue weighted by Gasteiger charge is -2.34. The van der Waals surface area contributed by atoms with Crippen LogP contribution in [0.1, 0.15) is 44.7 Å². The minimum atomic E-state index is -4.18. The Hall–Kier alpha value is -3.85. The molecule has 0 radical (unpaired) electrons. The van der Waals surface area contributed by atoms with Gasteiger partial charge in [0, 0.05) is 12.6 Å². The van der Waals surface area contributed by atoms with E-state index < -0.39 is 28.5 Å². The van der Waals surface area contributed by atoms with Crippen molar-refractivity contribution in [3.63, 3.8) is 0 Å². The highest BCUT2D eigenvalue weighted by molar-refractivity contribution is 7.92. The van der Waals surface area contributed by atoms with Crippen LogP contribution in [0.25, 0.3) is 0 Å². The van der Waals surface area contributed by atoms with Crippen LogP contribution in [0, 0.1) is 6.92 Å². The van der Waals surface area contributed by atoms with Crippen LogP contribution < -0.4 is 14.4 Å². The number of carbonyl (C=O) groups excluding carboxylic acids is 2. The summed E-state index contributed by atoms with van der Waals surface area (Å²) in [6.07, 6.45) is 1.10. The Kier molecular flexibility index (Phi) is 10.7. The van der Waals surface area contributed by atoms with Gasteiger partial charge in [0.05, 0.1) is 17.7 Å². The average Bonchev–Trinajstić information content (AvgIpc) is 2.96. The van der Waals surface area contributed by atoms with Crippen molar-refractivity contribution >= 4 is 27.5 Å². The highest BCUT2D eigenvalue weighted by Crippen LogP contribution is 2.33. The molecule has 2 atom stereocenters. The first kappa shape index (κ1) is 30.7. The van der Waals surface area contributed by atoms with Gasteiger partial charge in [-0.15, -0.1) is 0 Å². The van der Waals surface area contributed by atoms with E-state index in [4.69, 9.17) is 4.74 Å². The number of carbonyl (C=O) groups is 2. The van der Waals surface area contributed by atoms with E-state index in [1.807, 2.05) is 64.1 Å². The molecule has 1 N–H and O–H groups in total. The number of benzene rings is 3. The van der Waals surface area contributed by atoms with Crippen LogP contribution in [-0.4, -0.2) is 50.9 Å². The van der Waals surface area contributed by atoms with Crippen LogP contribution in [0.5, 0.6) is 5.75 Å². The molecular weight excluding hydrogens is 526 g/mol. The highest BCUT2D eigenvalue weighted by Gasteiger charge is 2.35. The van der Waals surface area contributed by atoms with E-state index in [-0.39, 0.29) is 29.1 Å².